The van der Waals surface area contributed by atoms with Gasteiger partial charge < -0.3 is 0 Å². The molecular formula is C10H16Na. The molecule has 1 saturated carbocycles. The van der Waals surface area contributed by atoms with Gasteiger partial charge in [-0.15, -0.1) is 0 Å². The van der Waals surface area contributed by atoms with E-state index in [1.54, 1.807) is 0 Å². The zero-order chi connectivity index (χ0) is 7.41. The quantitative estimate of drug-likeness (QED) is 0.376. The van der Waals surface area contributed by atoms with Gasteiger partial charge in [0.15, 0.2) is 0 Å². The Kier molecular flexibility index (Phi) is 2.34. The fraction of sp³-hybridized carbons (Fsp3) is 0.800. The first-order valence-electron chi connectivity index (χ1n) is 4.26. The minimum Gasteiger partial charge on any atom is -0.0843 e. The van der Waals surface area contributed by atoms with Gasteiger partial charge in [-0.25, -0.2) is 0 Å². The molecule has 0 aliphatic heterocycles. The van der Waals surface area contributed by atoms with Gasteiger partial charge in [-0.3, -0.25) is 0 Å². The molecule has 1 fully saturated rings. The Balaban J connectivity index is 0.000000605. The van der Waals surface area contributed by atoms with Crippen LogP contribution in [-0.2, 0) is 0 Å². The molecule has 1 heteroatoms. The second kappa shape index (κ2) is 2.61. The second-order valence-electron chi connectivity index (χ2n) is 4.64. The van der Waals surface area contributed by atoms with Crippen LogP contribution in [0, 0.1) is 16.7 Å². The molecule has 0 saturated heterocycles. The summed E-state index contributed by atoms with van der Waals surface area (Å²) in [6.45, 7) is 7.21. The number of fused-ring (bicyclic) bond motifs is 2. The molecule has 11 heavy (non-hydrogen) atoms. The van der Waals surface area contributed by atoms with Crippen molar-refractivity contribution in [3.63, 3.8) is 0 Å². The third-order valence-electron chi connectivity index (χ3n) is 4.07. The Morgan fingerprint density at radius 1 is 1.27 bits per heavy atom. The summed E-state index contributed by atoms with van der Waals surface area (Å²) in [6.07, 6.45) is 7.67. The van der Waals surface area contributed by atoms with Crippen molar-refractivity contribution >= 4 is 29.6 Å². The van der Waals surface area contributed by atoms with Gasteiger partial charge in [0.1, 0.15) is 0 Å². The molecule has 0 spiro atoms. The molecule has 2 aliphatic carbocycles. The van der Waals surface area contributed by atoms with Crippen LogP contribution in [0.3, 0.4) is 0 Å². The molecule has 2 aliphatic rings. The third kappa shape index (κ3) is 1.07. The van der Waals surface area contributed by atoms with Crippen LogP contribution in [0.4, 0.5) is 0 Å². The summed E-state index contributed by atoms with van der Waals surface area (Å²) < 4.78 is 0. The number of hydrogen-bond donors (Lipinski definition) is 0. The zero-order valence-electron chi connectivity index (χ0n) is 8.15. The topological polar surface area (TPSA) is 0 Å². The van der Waals surface area contributed by atoms with E-state index < -0.39 is 0 Å². The van der Waals surface area contributed by atoms with E-state index in [2.05, 4.69) is 32.9 Å². The molecule has 0 aromatic rings. The van der Waals surface area contributed by atoms with Gasteiger partial charge in [0.2, 0.25) is 0 Å². The zero-order valence-corrected chi connectivity index (χ0v) is 10.1. The van der Waals surface area contributed by atoms with Crippen LogP contribution in [0.25, 0.3) is 0 Å². The van der Waals surface area contributed by atoms with Crippen LogP contribution >= 0.6 is 0 Å². The van der Waals surface area contributed by atoms with E-state index in [0.717, 1.165) is 5.92 Å². The molecule has 0 amide bonds. The average molecular weight is 159 g/mol. The molecule has 0 aromatic heterocycles. The van der Waals surface area contributed by atoms with E-state index in [9.17, 15) is 0 Å². The summed E-state index contributed by atoms with van der Waals surface area (Å²) >= 11 is 0. The maximum absolute atomic E-state index is 2.43. The molecule has 0 heterocycles. The number of allylic oxidation sites excluding steroid dienone is 2. The molecule has 0 nitrogen and oxygen atoms in total. The Morgan fingerprint density at radius 2 is 1.91 bits per heavy atom. The van der Waals surface area contributed by atoms with Crippen LogP contribution in [0.1, 0.15) is 33.6 Å². The minimum absolute atomic E-state index is 0. The van der Waals surface area contributed by atoms with Crippen molar-refractivity contribution in [2.24, 2.45) is 16.7 Å². The SMILES string of the molecule is CC12C=CC(CC1)C2(C)C.[Na]. The molecule has 2 unspecified atom stereocenters. The maximum Gasteiger partial charge on any atom is 0 e. The fourth-order valence-corrected chi connectivity index (χ4v) is 2.53. The molecule has 0 aromatic carbocycles. The summed E-state index contributed by atoms with van der Waals surface area (Å²) in [7, 11) is 0. The van der Waals surface area contributed by atoms with E-state index >= 15 is 0 Å². The summed E-state index contributed by atoms with van der Waals surface area (Å²) in [5.74, 6) is 0.873. The van der Waals surface area contributed by atoms with Crippen molar-refractivity contribution in [3.8, 4) is 0 Å². The first-order chi connectivity index (χ1) is 4.56. The van der Waals surface area contributed by atoms with Crippen LogP contribution in [0.2, 0.25) is 0 Å². The van der Waals surface area contributed by atoms with Crippen LogP contribution in [0.5, 0.6) is 0 Å². The van der Waals surface area contributed by atoms with Gasteiger partial charge >= 0.3 is 0 Å². The molecule has 2 bridgehead atoms. The average Bonchev–Trinajstić information content (AvgIpc) is 2.18. The summed E-state index contributed by atoms with van der Waals surface area (Å²) in [5, 5.41) is 0. The molecular weight excluding hydrogens is 143 g/mol. The van der Waals surface area contributed by atoms with Crippen molar-refractivity contribution in [1.82, 2.24) is 0 Å². The van der Waals surface area contributed by atoms with Gasteiger partial charge in [-0.1, -0.05) is 32.9 Å². The van der Waals surface area contributed by atoms with Crippen LogP contribution in [0.15, 0.2) is 12.2 Å². The second-order valence-corrected chi connectivity index (χ2v) is 4.64. The van der Waals surface area contributed by atoms with Gasteiger partial charge in [0.05, 0.1) is 0 Å². The van der Waals surface area contributed by atoms with E-state index in [4.69, 9.17) is 0 Å². The first-order valence-corrected chi connectivity index (χ1v) is 4.26. The monoisotopic (exact) mass is 159 g/mol. The largest absolute Gasteiger partial charge is 0.0843 e. The van der Waals surface area contributed by atoms with Crippen LogP contribution in [-0.4, -0.2) is 29.6 Å². The predicted octanol–water partition coefficient (Wildman–Crippen LogP) is 2.62. The van der Waals surface area contributed by atoms with Crippen molar-refractivity contribution < 1.29 is 0 Å². The van der Waals surface area contributed by atoms with Crippen molar-refractivity contribution in [2.75, 3.05) is 0 Å². The Hall–Kier alpha value is 0.740. The van der Waals surface area contributed by atoms with E-state index in [0.29, 0.717) is 10.8 Å². The maximum atomic E-state index is 2.43. The smallest absolute Gasteiger partial charge is 0 e. The summed E-state index contributed by atoms with van der Waals surface area (Å²) in [4.78, 5) is 0. The van der Waals surface area contributed by atoms with Gasteiger partial charge in [-0.2, -0.15) is 0 Å². The molecule has 1 radical (unpaired) electrons. The fourth-order valence-electron chi connectivity index (χ4n) is 2.53. The minimum atomic E-state index is 0. The first kappa shape index (κ1) is 9.83. The van der Waals surface area contributed by atoms with Crippen molar-refractivity contribution in [1.29, 1.82) is 0 Å². The van der Waals surface area contributed by atoms with Crippen molar-refractivity contribution in [3.05, 3.63) is 12.2 Å². The summed E-state index contributed by atoms with van der Waals surface area (Å²) in [5.41, 5.74) is 1.07. The standard InChI is InChI=1S/C10H16.Na/c1-9(2)8-4-6-10(9,3)7-5-8;/h4,6,8H,5,7H2,1-3H3;. The third-order valence-corrected chi connectivity index (χ3v) is 4.07. The van der Waals surface area contributed by atoms with Gasteiger partial charge in [-0.05, 0) is 29.6 Å². The normalized spacial score (nSPS) is 44.1. The molecule has 57 valence electrons. The Labute approximate surface area is 91.7 Å². The number of hydrogen-bond acceptors (Lipinski definition) is 0. The van der Waals surface area contributed by atoms with E-state index in [1.165, 1.54) is 12.8 Å². The number of rotatable bonds is 0. The predicted molar refractivity (Wildman–Crippen MR) is 49.5 cm³/mol. The van der Waals surface area contributed by atoms with Gasteiger partial charge in [0, 0.05) is 29.6 Å². The van der Waals surface area contributed by atoms with Crippen LogP contribution < -0.4 is 0 Å². The van der Waals surface area contributed by atoms with E-state index in [-0.39, 0.29) is 29.6 Å². The molecule has 2 atom stereocenters. The van der Waals surface area contributed by atoms with Gasteiger partial charge in [0.25, 0.3) is 0 Å². The van der Waals surface area contributed by atoms with Crippen molar-refractivity contribution in [2.45, 2.75) is 33.6 Å². The molecule has 0 N–H and O–H groups in total. The Bertz CT molecular complexity index is 193. The summed E-state index contributed by atoms with van der Waals surface area (Å²) in [6, 6.07) is 0. The molecule has 2 rings (SSSR count). The Morgan fingerprint density at radius 3 is 2.00 bits per heavy atom. The van der Waals surface area contributed by atoms with E-state index in [1.807, 2.05) is 0 Å².